The summed E-state index contributed by atoms with van der Waals surface area (Å²) in [6.07, 6.45) is 2.03. The molecule has 0 aromatic carbocycles. The number of amides is 1. The molecule has 1 amide bonds. The van der Waals surface area contributed by atoms with Crippen molar-refractivity contribution in [2.75, 3.05) is 11.5 Å². The third-order valence-electron chi connectivity index (χ3n) is 2.78. The second-order valence-electron chi connectivity index (χ2n) is 4.94. The molecule has 0 saturated carbocycles. The summed E-state index contributed by atoms with van der Waals surface area (Å²) >= 11 is 0. The Morgan fingerprint density at radius 2 is 2.11 bits per heavy atom. The standard InChI is InChI=1S/C12H19N3O3S/c1-4-12(2,3)15-10(16)8-19(17,18)11-9(13)6-5-7-14-11/h5-7H,4,8,13H2,1-3H3,(H,15,16). The van der Waals surface area contributed by atoms with Crippen LogP contribution in [0.4, 0.5) is 5.69 Å². The fraction of sp³-hybridized carbons (Fsp3) is 0.500. The first-order chi connectivity index (χ1) is 8.68. The van der Waals surface area contributed by atoms with Gasteiger partial charge < -0.3 is 11.1 Å². The average Bonchev–Trinajstić information content (AvgIpc) is 2.27. The van der Waals surface area contributed by atoms with Gasteiger partial charge in [-0.05, 0) is 32.4 Å². The summed E-state index contributed by atoms with van der Waals surface area (Å²) in [5.41, 5.74) is 5.17. The van der Waals surface area contributed by atoms with E-state index in [1.54, 1.807) is 0 Å². The van der Waals surface area contributed by atoms with E-state index in [0.29, 0.717) is 6.42 Å². The molecule has 0 unspecified atom stereocenters. The van der Waals surface area contributed by atoms with Gasteiger partial charge in [0.2, 0.25) is 15.7 Å². The van der Waals surface area contributed by atoms with E-state index in [1.807, 2.05) is 20.8 Å². The smallest absolute Gasteiger partial charge is 0.236 e. The molecule has 1 rings (SSSR count). The van der Waals surface area contributed by atoms with Gasteiger partial charge in [0, 0.05) is 11.7 Å². The van der Waals surface area contributed by atoms with Gasteiger partial charge in [-0.3, -0.25) is 4.79 Å². The van der Waals surface area contributed by atoms with Crippen molar-refractivity contribution in [3.05, 3.63) is 18.3 Å². The molecule has 0 atom stereocenters. The van der Waals surface area contributed by atoms with Crippen molar-refractivity contribution in [3.8, 4) is 0 Å². The Bertz CT molecular complexity index is 567. The second-order valence-corrected chi connectivity index (χ2v) is 6.85. The largest absolute Gasteiger partial charge is 0.396 e. The Morgan fingerprint density at radius 3 is 2.63 bits per heavy atom. The van der Waals surface area contributed by atoms with Crippen LogP contribution in [0.25, 0.3) is 0 Å². The molecule has 0 saturated heterocycles. The van der Waals surface area contributed by atoms with Crippen LogP contribution in [0.15, 0.2) is 23.4 Å². The zero-order chi connectivity index (χ0) is 14.7. The SMILES string of the molecule is CCC(C)(C)NC(=O)CS(=O)(=O)c1ncccc1N. The Morgan fingerprint density at radius 1 is 1.47 bits per heavy atom. The molecule has 1 heterocycles. The zero-order valence-electron chi connectivity index (χ0n) is 11.3. The van der Waals surface area contributed by atoms with Crippen LogP contribution in [-0.2, 0) is 14.6 Å². The molecule has 106 valence electrons. The summed E-state index contributed by atoms with van der Waals surface area (Å²) < 4.78 is 24.1. The maximum absolute atomic E-state index is 12.0. The number of carbonyl (C=O) groups is 1. The molecule has 0 aliphatic rings. The summed E-state index contributed by atoms with van der Waals surface area (Å²) in [6.45, 7) is 5.56. The van der Waals surface area contributed by atoms with Crippen LogP contribution >= 0.6 is 0 Å². The number of nitrogen functional groups attached to an aromatic ring is 1. The molecule has 0 aliphatic heterocycles. The molecule has 0 fully saturated rings. The van der Waals surface area contributed by atoms with Gasteiger partial charge in [0.15, 0.2) is 5.03 Å². The summed E-state index contributed by atoms with van der Waals surface area (Å²) in [7, 11) is -3.82. The molecule has 0 spiro atoms. The Hall–Kier alpha value is -1.63. The number of pyridine rings is 1. The van der Waals surface area contributed by atoms with Crippen LogP contribution in [0.2, 0.25) is 0 Å². The summed E-state index contributed by atoms with van der Waals surface area (Å²) in [5, 5.41) is 2.41. The summed E-state index contributed by atoms with van der Waals surface area (Å²) in [5.74, 6) is -1.21. The lowest BCUT2D eigenvalue weighted by Gasteiger charge is -2.24. The van der Waals surface area contributed by atoms with Crippen LogP contribution in [0.5, 0.6) is 0 Å². The highest BCUT2D eigenvalue weighted by Gasteiger charge is 2.26. The van der Waals surface area contributed by atoms with Crippen molar-refractivity contribution in [1.82, 2.24) is 10.3 Å². The van der Waals surface area contributed by atoms with Crippen LogP contribution in [0.1, 0.15) is 27.2 Å². The fourth-order valence-electron chi connectivity index (χ4n) is 1.41. The van der Waals surface area contributed by atoms with Gasteiger partial charge in [-0.1, -0.05) is 6.92 Å². The van der Waals surface area contributed by atoms with Crippen molar-refractivity contribution < 1.29 is 13.2 Å². The van der Waals surface area contributed by atoms with Gasteiger partial charge in [0.05, 0.1) is 5.69 Å². The van der Waals surface area contributed by atoms with Gasteiger partial charge >= 0.3 is 0 Å². The van der Waals surface area contributed by atoms with Crippen molar-refractivity contribution in [3.63, 3.8) is 0 Å². The minimum Gasteiger partial charge on any atom is -0.396 e. The highest BCUT2D eigenvalue weighted by molar-refractivity contribution is 7.92. The number of nitrogens with zero attached hydrogens (tertiary/aromatic N) is 1. The average molecular weight is 285 g/mol. The van der Waals surface area contributed by atoms with E-state index in [9.17, 15) is 13.2 Å². The molecule has 0 bridgehead atoms. The van der Waals surface area contributed by atoms with Crippen molar-refractivity contribution in [2.45, 2.75) is 37.8 Å². The third kappa shape index (κ3) is 4.20. The summed E-state index contributed by atoms with van der Waals surface area (Å²) in [4.78, 5) is 15.5. The monoisotopic (exact) mass is 285 g/mol. The van der Waals surface area contributed by atoms with Crippen molar-refractivity contribution in [1.29, 1.82) is 0 Å². The number of anilines is 1. The number of nitrogens with one attached hydrogen (secondary N) is 1. The normalized spacial score (nSPS) is 12.2. The fourth-order valence-corrected chi connectivity index (χ4v) is 2.61. The Kier molecular flexibility index (Phi) is 4.52. The first-order valence-electron chi connectivity index (χ1n) is 5.92. The van der Waals surface area contributed by atoms with Gasteiger partial charge in [-0.25, -0.2) is 13.4 Å². The molecule has 0 radical (unpaired) electrons. The minimum absolute atomic E-state index is 0.0463. The van der Waals surface area contributed by atoms with Gasteiger partial charge in [-0.2, -0.15) is 0 Å². The van der Waals surface area contributed by atoms with Crippen LogP contribution in [-0.4, -0.2) is 30.6 Å². The molecule has 3 N–H and O–H groups in total. The quantitative estimate of drug-likeness (QED) is 0.830. The molecular weight excluding hydrogens is 266 g/mol. The summed E-state index contributed by atoms with van der Waals surface area (Å²) in [6, 6.07) is 2.97. The molecule has 7 heteroatoms. The number of sulfone groups is 1. The number of aromatic nitrogens is 1. The zero-order valence-corrected chi connectivity index (χ0v) is 12.1. The van der Waals surface area contributed by atoms with E-state index in [4.69, 9.17) is 5.73 Å². The topological polar surface area (TPSA) is 102 Å². The number of rotatable bonds is 5. The maximum atomic E-state index is 12.0. The number of hydrogen-bond acceptors (Lipinski definition) is 5. The lowest BCUT2D eigenvalue weighted by molar-refractivity contribution is -0.120. The van der Waals surface area contributed by atoms with Gasteiger partial charge in [0.25, 0.3) is 0 Å². The molecule has 6 nitrogen and oxygen atoms in total. The van der Waals surface area contributed by atoms with Gasteiger partial charge in [-0.15, -0.1) is 0 Å². The number of hydrogen-bond donors (Lipinski definition) is 2. The predicted molar refractivity (Wildman–Crippen MR) is 73.2 cm³/mol. The molecule has 0 aliphatic carbocycles. The van der Waals surface area contributed by atoms with Gasteiger partial charge in [0.1, 0.15) is 5.75 Å². The Balaban J connectivity index is 2.88. The van der Waals surface area contributed by atoms with E-state index in [2.05, 4.69) is 10.3 Å². The third-order valence-corrected chi connectivity index (χ3v) is 4.35. The number of nitrogens with two attached hydrogens (primary N) is 1. The van der Waals surface area contributed by atoms with Crippen LogP contribution < -0.4 is 11.1 Å². The predicted octanol–water partition coefficient (Wildman–Crippen LogP) is 0.742. The highest BCUT2D eigenvalue weighted by Crippen LogP contribution is 2.16. The second kappa shape index (κ2) is 5.56. The lowest BCUT2D eigenvalue weighted by Crippen LogP contribution is -2.45. The van der Waals surface area contributed by atoms with E-state index in [1.165, 1.54) is 18.3 Å². The first-order valence-corrected chi connectivity index (χ1v) is 7.57. The van der Waals surface area contributed by atoms with E-state index >= 15 is 0 Å². The first kappa shape index (κ1) is 15.4. The lowest BCUT2D eigenvalue weighted by atomic mass is 10.0. The maximum Gasteiger partial charge on any atom is 0.236 e. The van der Waals surface area contributed by atoms with Crippen molar-refractivity contribution >= 4 is 21.4 Å². The molecular formula is C12H19N3O3S. The Labute approximate surface area is 113 Å². The van der Waals surface area contributed by atoms with Crippen LogP contribution in [0, 0.1) is 0 Å². The molecule has 19 heavy (non-hydrogen) atoms. The van der Waals surface area contributed by atoms with E-state index in [-0.39, 0.29) is 10.7 Å². The van der Waals surface area contributed by atoms with Crippen LogP contribution in [0.3, 0.4) is 0 Å². The van der Waals surface area contributed by atoms with E-state index in [0.717, 1.165) is 0 Å². The minimum atomic E-state index is -3.82. The van der Waals surface area contributed by atoms with Crippen molar-refractivity contribution in [2.24, 2.45) is 0 Å². The highest BCUT2D eigenvalue weighted by atomic mass is 32.2. The van der Waals surface area contributed by atoms with E-state index < -0.39 is 27.0 Å². The molecule has 1 aromatic heterocycles. The molecule has 1 aromatic rings. The number of carbonyl (C=O) groups excluding carboxylic acids is 1.